The van der Waals surface area contributed by atoms with Crippen LogP contribution in [0.4, 0.5) is 0 Å². The molecule has 2 N–H and O–H groups in total. The summed E-state index contributed by atoms with van der Waals surface area (Å²) in [5.41, 5.74) is 1.41. The molecule has 4 nitrogen and oxygen atoms in total. The van der Waals surface area contributed by atoms with Gasteiger partial charge in [0.1, 0.15) is 0 Å². The zero-order chi connectivity index (χ0) is 39.4. The normalized spacial score (nSPS) is 11.4. The second-order valence-corrected chi connectivity index (χ2v) is 21.3. The van der Waals surface area contributed by atoms with Gasteiger partial charge in [-0.1, -0.05) is 181 Å². The summed E-state index contributed by atoms with van der Waals surface area (Å²) in [5.74, 6) is -0.0134. The van der Waals surface area contributed by atoms with Crippen LogP contribution in [-0.4, -0.2) is 24.9 Å². The van der Waals surface area contributed by atoms with Crippen molar-refractivity contribution in [3.63, 3.8) is 0 Å². The lowest BCUT2D eigenvalue weighted by molar-refractivity contribution is 0.0944. The van der Waals surface area contributed by atoms with Gasteiger partial charge >= 0.3 is 0 Å². The first-order valence-corrected chi connectivity index (χ1v) is 26.2. The molecule has 9 heteroatoms. The second kappa shape index (κ2) is 31.0. The maximum Gasteiger partial charge on any atom is 0.253 e. The fourth-order valence-electron chi connectivity index (χ4n) is 7.13. The van der Waals surface area contributed by atoms with Gasteiger partial charge in [-0.15, -0.1) is 34.0 Å². The average Bonchev–Trinajstić information content (AvgIpc) is 3.93. The Balaban J connectivity index is 1.27. The number of nitrogens with one attached hydrogen (secondary N) is 2. The van der Waals surface area contributed by atoms with Gasteiger partial charge in [-0.3, -0.25) is 9.59 Å². The number of rotatable bonds is 34. The van der Waals surface area contributed by atoms with Crippen LogP contribution in [0.3, 0.4) is 0 Å². The SMILES string of the molecule is CCCCCCCCCCCCCCCCNC(=O)c1cc(-c2ccc(-c3cc(C(=O)NCCCCCCCCCCCCCCCC)c(Br)s3)s2)sc1Br. The van der Waals surface area contributed by atoms with Gasteiger partial charge in [0.05, 0.1) is 18.7 Å². The molecule has 310 valence electrons. The number of hydrogen-bond acceptors (Lipinski definition) is 5. The van der Waals surface area contributed by atoms with Crippen molar-refractivity contribution in [2.75, 3.05) is 13.1 Å². The highest BCUT2D eigenvalue weighted by Gasteiger charge is 2.19. The highest BCUT2D eigenvalue weighted by atomic mass is 79.9. The summed E-state index contributed by atoms with van der Waals surface area (Å²) in [6, 6.07) is 8.26. The van der Waals surface area contributed by atoms with E-state index in [0.717, 1.165) is 53.0 Å². The Morgan fingerprint density at radius 3 is 0.982 bits per heavy atom. The summed E-state index contributed by atoms with van der Waals surface area (Å²) in [4.78, 5) is 30.5. The lowest BCUT2D eigenvalue weighted by Gasteiger charge is -2.05. The third-order valence-electron chi connectivity index (χ3n) is 10.6. The smallest absolute Gasteiger partial charge is 0.253 e. The minimum atomic E-state index is -0.00669. The summed E-state index contributed by atoms with van der Waals surface area (Å²) in [7, 11) is 0. The maximum absolute atomic E-state index is 13.0. The molecule has 2 amide bonds. The van der Waals surface area contributed by atoms with Gasteiger partial charge in [-0.05, 0) is 69.0 Å². The predicted molar refractivity (Wildman–Crippen MR) is 252 cm³/mol. The third-order valence-corrected chi connectivity index (χ3v) is 15.7. The number of thiophene rings is 3. The number of carbonyl (C=O) groups is 2. The van der Waals surface area contributed by atoms with Gasteiger partial charge in [0, 0.05) is 32.6 Å². The molecule has 0 aliphatic heterocycles. The van der Waals surface area contributed by atoms with E-state index in [2.05, 4.69) is 68.5 Å². The molecule has 3 aromatic heterocycles. The van der Waals surface area contributed by atoms with Crippen molar-refractivity contribution in [2.45, 2.75) is 194 Å². The first-order chi connectivity index (χ1) is 26.9. The first kappa shape index (κ1) is 48.4. The largest absolute Gasteiger partial charge is 0.352 e. The van der Waals surface area contributed by atoms with Gasteiger partial charge < -0.3 is 10.6 Å². The Labute approximate surface area is 364 Å². The summed E-state index contributed by atoms with van der Waals surface area (Å²) in [5, 5.41) is 6.28. The molecule has 3 rings (SSSR count). The molecule has 0 aromatic carbocycles. The van der Waals surface area contributed by atoms with Crippen LogP contribution in [0.2, 0.25) is 0 Å². The van der Waals surface area contributed by atoms with Crippen LogP contribution in [0.5, 0.6) is 0 Å². The predicted octanol–water partition coefficient (Wildman–Crippen LogP) is 17.2. The van der Waals surface area contributed by atoms with Crippen LogP contribution >= 0.6 is 65.9 Å². The molecule has 55 heavy (non-hydrogen) atoms. The third kappa shape index (κ3) is 20.5. The van der Waals surface area contributed by atoms with Crippen molar-refractivity contribution < 1.29 is 9.59 Å². The number of hydrogen-bond donors (Lipinski definition) is 2. The fraction of sp³-hybridized carbons (Fsp3) is 0.696. The van der Waals surface area contributed by atoms with Crippen molar-refractivity contribution in [2.24, 2.45) is 0 Å². The summed E-state index contributed by atoms with van der Waals surface area (Å²) >= 11 is 12.2. The van der Waals surface area contributed by atoms with Crippen molar-refractivity contribution in [3.05, 3.63) is 43.0 Å². The Morgan fingerprint density at radius 2 is 0.691 bits per heavy atom. The van der Waals surface area contributed by atoms with E-state index in [9.17, 15) is 9.59 Å². The molecule has 3 aromatic rings. The van der Waals surface area contributed by atoms with E-state index >= 15 is 0 Å². The Kier molecular flexibility index (Phi) is 27.3. The summed E-state index contributed by atoms with van der Waals surface area (Å²) in [6.07, 6.45) is 37.3. The molecule has 0 radical (unpaired) electrons. The lowest BCUT2D eigenvalue weighted by atomic mass is 10.0. The van der Waals surface area contributed by atoms with Gasteiger partial charge in [-0.25, -0.2) is 0 Å². The number of unbranched alkanes of at least 4 members (excludes halogenated alkanes) is 26. The van der Waals surface area contributed by atoms with Crippen molar-refractivity contribution in [1.82, 2.24) is 10.6 Å². The first-order valence-electron chi connectivity index (χ1n) is 22.2. The van der Waals surface area contributed by atoms with Crippen LogP contribution in [0, 0.1) is 0 Å². The van der Waals surface area contributed by atoms with E-state index in [1.54, 1.807) is 34.0 Å². The van der Waals surface area contributed by atoms with Crippen LogP contribution in [0.25, 0.3) is 19.5 Å². The minimum Gasteiger partial charge on any atom is -0.352 e. The molecule has 0 spiro atoms. The minimum absolute atomic E-state index is 0.00669. The Bertz CT molecular complexity index is 1340. The highest BCUT2D eigenvalue weighted by molar-refractivity contribution is 9.11. The molecule has 0 unspecified atom stereocenters. The summed E-state index contributed by atoms with van der Waals surface area (Å²) in [6.45, 7) is 6.01. The molecular weight excluding hydrogens is 869 g/mol. The van der Waals surface area contributed by atoms with E-state index in [1.165, 1.54) is 167 Å². The monoisotopic (exact) mass is 938 g/mol. The number of amides is 2. The molecule has 0 aliphatic rings. The van der Waals surface area contributed by atoms with Crippen molar-refractivity contribution in [3.8, 4) is 19.5 Å². The second-order valence-electron chi connectivity index (χ2n) is 15.5. The molecule has 0 saturated heterocycles. The number of halogens is 2. The van der Waals surface area contributed by atoms with E-state index < -0.39 is 0 Å². The average molecular weight is 941 g/mol. The van der Waals surface area contributed by atoms with Crippen molar-refractivity contribution >= 4 is 77.7 Å². The van der Waals surface area contributed by atoms with Gasteiger partial charge in [0.25, 0.3) is 11.8 Å². The Morgan fingerprint density at radius 1 is 0.418 bits per heavy atom. The molecule has 0 aliphatic carbocycles. The van der Waals surface area contributed by atoms with E-state index in [1.807, 2.05) is 12.1 Å². The quantitative estimate of drug-likeness (QED) is 0.0586. The Hall–Kier alpha value is -1.00. The zero-order valence-corrected chi connectivity index (χ0v) is 39.9. The number of carbonyl (C=O) groups excluding carboxylic acids is 2. The van der Waals surface area contributed by atoms with Gasteiger partial charge in [-0.2, -0.15) is 0 Å². The fourth-order valence-corrected chi connectivity index (χ4v) is 11.7. The highest BCUT2D eigenvalue weighted by Crippen LogP contribution is 2.44. The van der Waals surface area contributed by atoms with Crippen LogP contribution in [0.1, 0.15) is 214 Å². The van der Waals surface area contributed by atoms with E-state index in [4.69, 9.17) is 0 Å². The lowest BCUT2D eigenvalue weighted by Crippen LogP contribution is -2.24. The van der Waals surface area contributed by atoms with Gasteiger partial charge in [0.15, 0.2) is 0 Å². The molecule has 0 bridgehead atoms. The topological polar surface area (TPSA) is 58.2 Å². The van der Waals surface area contributed by atoms with Crippen LogP contribution in [-0.2, 0) is 0 Å². The van der Waals surface area contributed by atoms with Crippen LogP contribution < -0.4 is 10.6 Å². The molecule has 0 atom stereocenters. The maximum atomic E-state index is 13.0. The summed E-state index contributed by atoms with van der Waals surface area (Å²) < 4.78 is 1.74. The van der Waals surface area contributed by atoms with Crippen molar-refractivity contribution in [1.29, 1.82) is 0 Å². The molecule has 0 saturated carbocycles. The van der Waals surface area contributed by atoms with E-state index in [-0.39, 0.29) is 11.8 Å². The molecular formula is C46H72Br2N2O2S3. The van der Waals surface area contributed by atoms with Gasteiger partial charge in [0.2, 0.25) is 0 Å². The molecule has 3 heterocycles. The van der Waals surface area contributed by atoms with E-state index in [0.29, 0.717) is 11.1 Å². The standard InChI is InChI=1S/C46H72Br2N2O2S3/c1-3-5-7-9-11-13-15-17-19-21-23-25-27-29-33-49-45(51)37-35-41(54-43(37)47)39-31-32-40(53-39)42-36-38(44(48)55-42)46(52)50-34-30-28-26-24-22-20-18-16-14-12-10-8-6-4-2/h31-32,35-36H,3-30,33-34H2,1-2H3,(H,49,51)(H,50,52). The zero-order valence-electron chi connectivity index (χ0n) is 34.3. The molecule has 0 fully saturated rings. The van der Waals surface area contributed by atoms with Crippen LogP contribution in [0.15, 0.2) is 31.8 Å².